The van der Waals surface area contributed by atoms with E-state index < -0.39 is 0 Å². The third-order valence-corrected chi connectivity index (χ3v) is 3.19. The lowest BCUT2D eigenvalue weighted by Gasteiger charge is -2.14. The maximum Gasteiger partial charge on any atom is 0.218 e. The summed E-state index contributed by atoms with van der Waals surface area (Å²) in [6.45, 7) is 0.636. The summed E-state index contributed by atoms with van der Waals surface area (Å²) in [5, 5.41) is 3.36. The first-order valence-corrected chi connectivity index (χ1v) is 5.89. The van der Waals surface area contributed by atoms with Gasteiger partial charge in [0.1, 0.15) is 5.75 Å². The minimum atomic E-state index is -0.263. The maximum absolute atomic E-state index is 10.7. The molecule has 17 heavy (non-hydrogen) atoms. The molecule has 0 spiro atoms. The minimum Gasteiger partial charge on any atom is -0.497 e. The molecule has 0 bridgehead atoms. The molecule has 2 rings (SSSR count). The molecule has 0 fully saturated rings. The van der Waals surface area contributed by atoms with Crippen LogP contribution in [0.5, 0.6) is 5.75 Å². The van der Waals surface area contributed by atoms with Gasteiger partial charge in [0.25, 0.3) is 0 Å². The molecule has 0 saturated carbocycles. The molecular weight excluding hydrogens is 216 g/mol. The summed E-state index contributed by atoms with van der Waals surface area (Å²) >= 11 is 0. The number of nitrogens with one attached hydrogen (secondary N) is 1. The van der Waals surface area contributed by atoms with Crippen LogP contribution in [-0.2, 0) is 11.2 Å². The van der Waals surface area contributed by atoms with Gasteiger partial charge in [0, 0.05) is 19.0 Å². The third-order valence-electron chi connectivity index (χ3n) is 3.19. The summed E-state index contributed by atoms with van der Waals surface area (Å²) < 4.78 is 5.23. The van der Waals surface area contributed by atoms with Crippen molar-refractivity contribution in [2.45, 2.75) is 25.3 Å². The van der Waals surface area contributed by atoms with Crippen molar-refractivity contribution >= 4 is 5.91 Å². The second-order valence-corrected chi connectivity index (χ2v) is 4.33. The Labute approximate surface area is 101 Å². The number of hydrogen-bond acceptors (Lipinski definition) is 3. The van der Waals surface area contributed by atoms with Gasteiger partial charge in [-0.25, -0.2) is 0 Å². The normalized spacial score (nSPS) is 17.8. The second-order valence-electron chi connectivity index (χ2n) is 4.33. The second kappa shape index (κ2) is 5.19. The van der Waals surface area contributed by atoms with Crippen molar-refractivity contribution in [3.8, 4) is 5.75 Å². The summed E-state index contributed by atoms with van der Waals surface area (Å²) in [7, 11) is 1.67. The van der Waals surface area contributed by atoms with Crippen molar-refractivity contribution in [1.82, 2.24) is 5.32 Å². The molecule has 1 amide bonds. The first-order valence-electron chi connectivity index (χ1n) is 5.89. The highest BCUT2D eigenvalue weighted by Gasteiger charge is 2.22. The lowest BCUT2D eigenvalue weighted by molar-refractivity contribution is -0.117. The van der Waals surface area contributed by atoms with Gasteiger partial charge < -0.3 is 15.8 Å². The van der Waals surface area contributed by atoms with E-state index in [2.05, 4.69) is 17.4 Å². The van der Waals surface area contributed by atoms with E-state index in [-0.39, 0.29) is 5.91 Å². The van der Waals surface area contributed by atoms with Crippen LogP contribution >= 0.6 is 0 Å². The Bertz CT molecular complexity index is 418. The van der Waals surface area contributed by atoms with E-state index in [1.54, 1.807) is 7.11 Å². The number of carbonyl (C=O) groups excluding carboxylic acids is 1. The zero-order valence-electron chi connectivity index (χ0n) is 10.0. The zero-order valence-corrected chi connectivity index (χ0v) is 10.0. The Balaban J connectivity index is 2.02. The van der Waals surface area contributed by atoms with Gasteiger partial charge in [0.05, 0.1) is 7.11 Å². The Hall–Kier alpha value is -1.55. The van der Waals surface area contributed by atoms with Gasteiger partial charge in [-0.3, -0.25) is 4.79 Å². The first-order chi connectivity index (χ1) is 8.20. The highest BCUT2D eigenvalue weighted by Crippen LogP contribution is 2.33. The Kier molecular flexibility index (Phi) is 3.64. The van der Waals surface area contributed by atoms with Gasteiger partial charge in [-0.2, -0.15) is 0 Å². The molecule has 4 heteroatoms. The van der Waals surface area contributed by atoms with Crippen LogP contribution in [0.4, 0.5) is 0 Å². The fourth-order valence-electron chi connectivity index (χ4n) is 2.29. The van der Waals surface area contributed by atoms with Crippen LogP contribution in [0, 0.1) is 0 Å². The third kappa shape index (κ3) is 2.77. The molecule has 0 aliphatic heterocycles. The van der Waals surface area contributed by atoms with Crippen LogP contribution in [0.2, 0.25) is 0 Å². The average Bonchev–Trinajstić information content (AvgIpc) is 2.71. The summed E-state index contributed by atoms with van der Waals surface area (Å²) in [6.07, 6.45) is 2.53. The molecule has 0 radical (unpaired) electrons. The van der Waals surface area contributed by atoms with E-state index in [0.29, 0.717) is 19.0 Å². The number of amides is 1. The van der Waals surface area contributed by atoms with Gasteiger partial charge >= 0.3 is 0 Å². The monoisotopic (exact) mass is 234 g/mol. The van der Waals surface area contributed by atoms with Crippen LogP contribution in [0.1, 0.15) is 30.0 Å². The number of fused-ring (bicyclic) bond motifs is 1. The van der Waals surface area contributed by atoms with Crippen LogP contribution < -0.4 is 15.8 Å². The Morgan fingerprint density at radius 1 is 1.59 bits per heavy atom. The van der Waals surface area contributed by atoms with Crippen LogP contribution in [-0.4, -0.2) is 19.6 Å². The summed E-state index contributed by atoms with van der Waals surface area (Å²) in [5.41, 5.74) is 7.77. The van der Waals surface area contributed by atoms with Gasteiger partial charge in [-0.05, 0) is 36.1 Å². The molecule has 1 aliphatic carbocycles. The topological polar surface area (TPSA) is 64.3 Å². The van der Waals surface area contributed by atoms with E-state index in [1.165, 1.54) is 11.1 Å². The molecule has 92 valence electrons. The fourth-order valence-corrected chi connectivity index (χ4v) is 2.29. The molecule has 1 aliphatic rings. The van der Waals surface area contributed by atoms with Gasteiger partial charge in [0.15, 0.2) is 0 Å². The molecule has 0 heterocycles. The zero-order chi connectivity index (χ0) is 12.3. The minimum absolute atomic E-state index is 0.263. The summed E-state index contributed by atoms with van der Waals surface area (Å²) in [5.74, 6) is 0.619. The van der Waals surface area contributed by atoms with Gasteiger partial charge in [-0.1, -0.05) is 6.07 Å². The first kappa shape index (κ1) is 11.9. The van der Waals surface area contributed by atoms with Crippen molar-refractivity contribution in [3.63, 3.8) is 0 Å². The molecule has 1 aromatic rings. The quantitative estimate of drug-likeness (QED) is 0.803. The number of aryl methyl sites for hydroxylation is 1. The lowest BCUT2D eigenvalue weighted by Crippen LogP contribution is -2.24. The highest BCUT2D eigenvalue weighted by atomic mass is 16.5. The SMILES string of the molecule is COc1ccc2c(c1)C(NCCC(N)=O)CC2. The number of ether oxygens (including phenoxy) is 1. The molecule has 0 saturated heterocycles. The molecule has 1 atom stereocenters. The highest BCUT2D eigenvalue weighted by molar-refractivity contribution is 5.73. The standard InChI is InChI=1S/C13H18N2O2/c1-17-10-4-2-9-3-5-12(11(9)8-10)15-7-6-13(14)16/h2,4,8,12,15H,3,5-7H2,1H3,(H2,14,16). The molecule has 1 aromatic carbocycles. The molecule has 3 N–H and O–H groups in total. The van der Waals surface area contributed by atoms with Crippen molar-refractivity contribution in [2.75, 3.05) is 13.7 Å². The van der Waals surface area contributed by atoms with Gasteiger partial charge in [-0.15, -0.1) is 0 Å². The van der Waals surface area contributed by atoms with Crippen LogP contribution in [0.3, 0.4) is 0 Å². The number of benzene rings is 1. The van der Waals surface area contributed by atoms with Crippen LogP contribution in [0.25, 0.3) is 0 Å². The van der Waals surface area contributed by atoms with E-state index >= 15 is 0 Å². The molecule has 4 nitrogen and oxygen atoms in total. The predicted molar refractivity (Wildman–Crippen MR) is 65.9 cm³/mol. The molecular formula is C13H18N2O2. The molecule has 0 aromatic heterocycles. The lowest BCUT2D eigenvalue weighted by atomic mass is 10.1. The fraction of sp³-hybridized carbons (Fsp3) is 0.462. The maximum atomic E-state index is 10.7. The largest absolute Gasteiger partial charge is 0.497 e. The van der Waals surface area contributed by atoms with Crippen molar-refractivity contribution < 1.29 is 9.53 Å². The number of methoxy groups -OCH3 is 1. The van der Waals surface area contributed by atoms with E-state index in [0.717, 1.165) is 18.6 Å². The number of carbonyl (C=O) groups is 1. The Morgan fingerprint density at radius 3 is 3.12 bits per heavy atom. The summed E-state index contributed by atoms with van der Waals surface area (Å²) in [4.78, 5) is 10.7. The smallest absolute Gasteiger partial charge is 0.218 e. The average molecular weight is 234 g/mol. The van der Waals surface area contributed by atoms with E-state index in [9.17, 15) is 4.79 Å². The Morgan fingerprint density at radius 2 is 2.41 bits per heavy atom. The number of primary amides is 1. The number of hydrogen-bond donors (Lipinski definition) is 2. The van der Waals surface area contributed by atoms with E-state index in [1.807, 2.05) is 6.07 Å². The van der Waals surface area contributed by atoms with Crippen molar-refractivity contribution in [2.24, 2.45) is 5.73 Å². The van der Waals surface area contributed by atoms with E-state index in [4.69, 9.17) is 10.5 Å². The van der Waals surface area contributed by atoms with Crippen molar-refractivity contribution in [3.05, 3.63) is 29.3 Å². The molecule has 1 unspecified atom stereocenters. The van der Waals surface area contributed by atoms with Crippen LogP contribution in [0.15, 0.2) is 18.2 Å². The van der Waals surface area contributed by atoms with Crippen molar-refractivity contribution in [1.29, 1.82) is 0 Å². The number of nitrogens with two attached hydrogens (primary N) is 1. The summed E-state index contributed by atoms with van der Waals surface area (Å²) in [6, 6.07) is 6.50. The predicted octanol–water partition coefficient (Wildman–Crippen LogP) is 1.15. The number of rotatable bonds is 5. The van der Waals surface area contributed by atoms with Gasteiger partial charge in [0.2, 0.25) is 5.91 Å².